The summed E-state index contributed by atoms with van der Waals surface area (Å²) in [5, 5.41) is 5.39. The van der Waals surface area contributed by atoms with E-state index in [9.17, 15) is 9.59 Å². The molecule has 1 aliphatic heterocycles. The van der Waals surface area contributed by atoms with Crippen LogP contribution in [0.25, 0.3) is 0 Å². The Labute approximate surface area is 102 Å². The summed E-state index contributed by atoms with van der Waals surface area (Å²) in [6, 6.07) is 0. The van der Waals surface area contributed by atoms with Crippen molar-refractivity contribution in [2.24, 2.45) is 11.7 Å². The van der Waals surface area contributed by atoms with E-state index < -0.39 is 0 Å². The van der Waals surface area contributed by atoms with Crippen LogP contribution in [0.2, 0.25) is 0 Å². The lowest BCUT2D eigenvalue weighted by Crippen LogP contribution is -2.46. The highest BCUT2D eigenvalue weighted by molar-refractivity contribution is 5.79. The number of nitrogens with two attached hydrogens (primary N) is 1. The molecule has 6 nitrogen and oxygen atoms in total. The Morgan fingerprint density at radius 1 is 1.47 bits per heavy atom. The van der Waals surface area contributed by atoms with Crippen molar-refractivity contribution in [2.75, 3.05) is 39.8 Å². The third kappa shape index (κ3) is 4.70. The van der Waals surface area contributed by atoms with Crippen LogP contribution in [0, 0.1) is 5.92 Å². The van der Waals surface area contributed by atoms with Gasteiger partial charge in [-0.25, -0.2) is 0 Å². The van der Waals surface area contributed by atoms with Gasteiger partial charge in [0.25, 0.3) is 0 Å². The van der Waals surface area contributed by atoms with Crippen molar-refractivity contribution in [3.8, 4) is 0 Å². The highest BCUT2D eigenvalue weighted by Crippen LogP contribution is 2.15. The van der Waals surface area contributed by atoms with E-state index in [0.717, 1.165) is 19.4 Å². The van der Waals surface area contributed by atoms with Gasteiger partial charge in [-0.3, -0.25) is 14.5 Å². The van der Waals surface area contributed by atoms with Crippen LogP contribution >= 0.6 is 0 Å². The van der Waals surface area contributed by atoms with Crippen molar-refractivity contribution < 1.29 is 9.59 Å². The van der Waals surface area contributed by atoms with Gasteiger partial charge < -0.3 is 16.4 Å². The van der Waals surface area contributed by atoms with Gasteiger partial charge in [-0.15, -0.1) is 0 Å². The molecule has 0 spiro atoms. The number of amides is 2. The quantitative estimate of drug-likeness (QED) is 0.548. The van der Waals surface area contributed by atoms with Gasteiger partial charge in [-0.1, -0.05) is 0 Å². The Morgan fingerprint density at radius 3 is 2.88 bits per heavy atom. The van der Waals surface area contributed by atoms with Gasteiger partial charge in [0.1, 0.15) is 0 Å². The second-order valence-electron chi connectivity index (χ2n) is 4.33. The highest BCUT2D eigenvalue weighted by atomic mass is 16.2. The summed E-state index contributed by atoms with van der Waals surface area (Å²) in [6.07, 6.45) is 1.86. The highest BCUT2D eigenvalue weighted by Gasteiger charge is 2.25. The van der Waals surface area contributed by atoms with E-state index in [1.54, 1.807) is 7.05 Å². The number of rotatable bonds is 5. The first-order valence-electron chi connectivity index (χ1n) is 6.08. The van der Waals surface area contributed by atoms with Gasteiger partial charge in [0.15, 0.2) is 0 Å². The number of likely N-dealkylation sites (tertiary alicyclic amines) is 1. The molecule has 1 saturated heterocycles. The lowest BCUT2D eigenvalue weighted by Gasteiger charge is -2.31. The van der Waals surface area contributed by atoms with Crippen LogP contribution in [-0.2, 0) is 9.59 Å². The Hall–Kier alpha value is -1.14. The fourth-order valence-electron chi connectivity index (χ4n) is 2.09. The molecule has 1 fully saturated rings. The number of hydrogen-bond donors (Lipinski definition) is 3. The zero-order valence-electron chi connectivity index (χ0n) is 10.4. The number of carbonyl (C=O) groups is 2. The molecule has 2 amide bonds. The first kappa shape index (κ1) is 13.9. The topological polar surface area (TPSA) is 87.5 Å². The van der Waals surface area contributed by atoms with Gasteiger partial charge in [-0.2, -0.15) is 0 Å². The Balaban J connectivity index is 2.34. The molecule has 1 aliphatic rings. The maximum Gasteiger partial charge on any atom is 0.234 e. The summed E-state index contributed by atoms with van der Waals surface area (Å²) in [5.74, 6) is 0.0566. The van der Waals surface area contributed by atoms with Crippen molar-refractivity contribution in [3.63, 3.8) is 0 Å². The van der Waals surface area contributed by atoms with Crippen LogP contribution in [-0.4, -0.2) is 56.5 Å². The van der Waals surface area contributed by atoms with Crippen molar-refractivity contribution in [2.45, 2.75) is 12.8 Å². The molecular formula is C11H22N4O2. The summed E-state index contributed by atoms with van der Waals surface area (Å²) in [6.45, 7) is 2.85. The molecule has 0 aromatic heterocycles. The fraction of sp³-hybridized carbons (Fsp3) is 0.818. The Kier molecular flexibility index (Phi) is 5.93. The van der Waals surface area contributed by atoms with Crippen molar-refractivity contribution >= 4 is 11.8 Å². The fourth-order valence-corrected chi connectivity index (χ4v) is 2.09. The van der Waals surface area contributed by atoms with Crippen LogP contribution in [0.4, 0.5) is 0 Å². The smallest absolute Gasteiger partial charge is 0.234 e. The number of piperidine rings is 1. The molecule has 0 aromatic carbocycles. The van der Waals surface area contributed by atoms with Gasteiger partial charge in [0.05, 0.1) is 12.5 Å². The minimum absolute atomic E-state index is 0.0102. The zero-order valence-corrected chi connectivity index (χ0v) is 10.4. The standard InChI is InChI=1S/C11H22N4O2/c1-13-11(17)9-3-2-6-15(7-9)8-10(16)14-5-4-12/h9H,2-8,12H2,1H3,(H,13,17)(H,14,16). The number of hydrogen-bond acceptors (Lipinski definition) is 4. The lowest BCUT2D eigenvalue weighted by molar-refractivity contribution is -0.128. The zero-order chi connectivity index (χ0) is 12.7. The predicted molar refractivity (Wildman–Crippen MR) is 65.3 cm³/mol. The average Bonchev–Trinajstić information content (AvgIpc) is 2.35. The normalized spacial score (nSPS) is 20.9. The number of nitrogens with zero attached hydrogens (tertiary/aromatic N) is 1. The number of nitrogens with one attached hydrogen (secondary N) is 2. The van der Waals surface area contributed by atoms with E-state index in [1.807, 2.05) is 4.90 Å². The van der Waals surface area contributed by atoms with Crippen LogP contribution < -0.4 is 16.4 Å². The average molecular weight is 242 g/mol. The molecule has 0 saturated carbocycles. The monoisotopic (exact) mass is 242 g/mol. The minimum atomic E-state index is -0.0204. The van der Waals surface area contributed by atoms with Gasteiger partial charge in [-0.05, 0) is 19.4 Å². The molecule has 0 radical (unpaired) electrons. The Bertz CT molecular complexity index is 270. The number of carbonyl (C=O) groups excluding carboxylic acids is 2. The van der Waals surface area contributed by atoms with Gasteiger partial charge in [0, 0.05) is 26.7 Å². The minimum Gasteiger partial charge on any atom is -0.359 e. The Morgan fingerprint density at radius 2 is 2.24 bits per heavy atom. The third-order valence-corrected chi connectivity index (χ3v) is 2.96. The van der Waals surface area contributed by atoms with Crippen molar-refractivity contribution in [1.82, 2.24) is 15.5 Å². The van der Waals surface area contributed by atoms with Gasteiger partial charge >= 0.3 is 0 Å². The van der Waals surface area contributed by atoms with E-state index in [2.05, 4.69) is 10.6 Å². The lowest BCUT2D eigenvalue weighted by atomic mass is 9.97. The summed E-state index contributed by atoms with van der Waals surface area (Å²) in [4.78, 5) is 25.0. The molecule has 98 valence electrons. The SMILES string of the molecule is CNC(=O)C1CCCN(CC(=O)NCCN)C1. The summed E-state index contributed by atoms with van der Waals surface area (Å²) >= 11 is 0. The summed E-state index contributed by atoms with van der Waals surface area (Å²) < 4.78 is 0. The van der Waals surface area contributed by atoms with Gasteiger partial charge in [0.2, 0.25) is 11.8 Å². The molecule has 4 N–H and O–H groups in total. The second-order valence-corrected chi connectivity index (χ2v) is 4.33. The molecule has 0 aliphatic carbocycles. The first-order valence-corrected chi connectivity index (χ1v) is 6.08. The third-order valence-electron chi connectivity index (χ3n) is 2.96. The molecule has 17 heavy (non-hydrogen) atoms. The summed E-state index contributed by atoms with van der Waals surface area (Å²) in [7, 11) is 1.65. The second kappa shape index (κ2) is 7.24. The summed E-state index contributed by atoms with van der Waals surface area (Å²) in [5.41, 5.74) is 5.31. The first-order chi connectivity index (χ1) is 8.17. The maximum absolute atomic E-state index is 11.5. The molecule has 1 rings (SSSR count). The van der Waals surface area contributed by atoms with E-state index in [0.29, 0.717) is 26.2 Å². The van der Waals surface area contributed by atoms with E-state index in [4.69, 9.17) is 5.73 Å². The van der Waals surface area contributed by atoms with Crippen LogP contribution in [0.3, 0.4) is 0 Å². The molecule has 1 atom stereocenters. The van der Waals surface area contributed by atoms with E-state index in [-0.39, 0.29) is 17.7 Å². The van der Waals surface area contributed by atoms with Crippen molar-refractivity contribution in [1.29, 1.82) is 0 Å². The molecule has 1 unspecified atom stereocenters. The van der Waals surface area contributed by atoms with E-state index >= 15 is 0 Å². The predicted octanol–water partition coefficient (Wildman–Crippen LogP) is -1.48. The molecule has 0 bridgehead atoms. The molecular weight excluding hydrogens is 220 g/mol. The van der Waals surface area contributed by atoms with Crippen LogP contribution in [0.1, 0.15) is 12.8 Å². The van der Waals surface area contributed by atoms with E-state index in [1.165, 1.54) is 0 Å². The molecule has 1 heterocycles. The van der Waals surface area contributed by atoms with Crippen LogP contribution in [0.5, 0.6) is 0 Å². The van der Waals surface area contributed by atoms with Crippen LogP contribution in [0.15, 0.2) is 0 Å². The van der Waals surface area contributed by atoms with Crippen molar-refractivity contribution in [3.05, 3.63) is 0 Å². The maximum atomic E-state index is 11.5. The molecule has 6 heteroatoms. The molecule has 0 aromatic rings. The largest absolute Gasteiger partial charge is 0.359 e.